The van der Waals surface area contributed by atoms with E-state index in [1.165, 1.54) is 32.9 Å². The van der Waals surface area contributed by atoms with Crippen LogP contribution in [-0.4, -0.2) is 26.0 Å². The second-order valence-electron chi connectivity index (χ2n) is 5.28. The number of hydrogen-bond acceptors (Lipinski definition) is 6. The molecule has 0 saturated carbocycles. The molecule has 0 aliphatic carbocycles. The van der Waals surface area contributed by atoms with Gasteiger partial charge in [0.05, 0.1) is 19.1 Å². The van der Waals surface area contributed by atoms with Gasteiger partial charge in [-0.3, -0.25) is 9.59 Å². The maximum absolute atomic E-state index is 12.5. The van der Waals surface area contributed by atoms with E-state index in [4.69, 9.17) is 14.2 Å². The summed E-state index contributed by atoms with van der Waals surface area (Å²) in [5.41, 5.74) is 1.42. The number of carbonyl (C=O) groups excluding carboxylic acids is 2. The minimum Gasteiger partial charge on any atom is -0.493 e. The normalized spacial score (nSPS) is 14.4. The molecular weight excluding hydrogens is 340 g/mol. The van der Waals surface area contributed by atoms with Crippen LogP contribution in [-0.2, 0) is 4.79 Å². The van der Waals surface area contributed by atoms with E-state index in [2.05, 4.69) is 0 Å². The first-order valence-corrected chi connectivity index (χ1v) is 8.33. The number of ketones is 1. The van der Waals surface area contributed by atoms with Crippen LogP contribution in [0, 0.1) is 0 Å². The van der Waals surface area contributed by atoms with Crippen molar-refractivity contribution in [2.75, 3.05) is 14.2 Å². The SMILES string of the molecule is COc1cc(/C=C2/Sc3ccccc3C2=O)cc(OC)c1OC(C)=O. The van der Waals surface area contributed by atoms with E-state index >= 15 is 0 Å². The van der Waals surface area contributed by atoms with Crippen molar-refractivity contribution in [1.29, 1.82) is 0 Å². The van der Waals surface area contributed by atoms with E-state index in [-0.39, 0.29) is 11.5 Å². The Morgan fingerprint density at radius 2 is 1.72 bits per heavy atom. The van der Waals surface area contributed by atoms with E-state index in [9.17, 15) is 9.59 Å². The number of Topliss-reactive ketones (excluding diaryl/α,β-unsaturated/α-hetero) is 1. The quantitative estimate of drug-likeness (QED) is 0.469. The highest BCUT2D eigenvalue weighted by molar-refractivity contribution is 8.04. The van der Waals surface area contributed by atoms with Crippen molar-refractivity contribution in [2.24, 2.45) is 0 Å². The number of allylic oxidation sites excluding steroid dienone is 1. The zero-order valence-corrected chi connectivity index (χ0v) is 14.8. The maximum Gasteiger partial charge on any atom is 0.308 e. The van der Waals surface area contributed by atoms with Crippen LogP contribution >= 0.6 is 11.8 Å². The lowest BCUT2D eigenvalue weighted by atomic mass is 10.1. The Bertz CT molecular complexity index is 860. The Kier molecular flexibility index (Phi) is 4.81. The third kappa shape index (κ3) is 3.39. The highest BCUT2D eigenvalue weighted by atomic mass is 32.2. The molecule has 0 saturated heterocycles. The molecule has 1 aliphatic heterocycles. The second-order valence-corrected chi connectivity index (χ2v) is 6.37. The van der Waals surface area contributed by atoms with Gasteiger partial charge < -0.3 is 14.2 Å². The molecule has 0 atom stereocenters. The first-order chi connectivity index (χ1) is 12.0. The van der Waals surface area contributed by atoms with Crippen LogP contribution in [0.3, 0.4) is 0 Å². The number of carbonyl (C=O) groups is 2. The molecule has 0 bridgehead atoms. The second kappa shape index (κ2) is 7.03. The number of rotatable bonds is 4. The van der Waals surface area contributed by atoms with E-state index < -0.39 is 5.97 Å². The molecule has 2 aromatic rings. The van der Waals surface area contributed by atoms with Crippen LogP contribution in [0.4, 0.5) is 0 Å². The Labute approximate surface area is 149 Å². The highest BCUT2D eigenvalue weighted by Gasteiger charge is 2.25. The number of thioether (sulfide) groups is 1. The number of methoxy groups -OCH3 is 2. The molecule has 0 fully saturated rings. The molecule has 0 aromatic heterocycles. The van der Waals surface area contributed by atoms with Crippen LogP contribution < -0.4 is 14.2 Å². The molecule has 0 unspecified atom stereocenters. The summed E-state index contributed by atoms with van der Waals surface area (Å²) in [4.78, 5) is 25.3. The van der Waals surface area contributed by atoms with Crippen molar-refractivity contribution in [3.63, 3.8) is 0 Å². The Morgan fingerprint density at radius 3 is 2.28 bits per heavy atom. The van der Waals surface area contributed by atoms with Gasteiger partial charge in [-0.25, -0.2) is 0 Å². The van der Waals surface area contributed by atoms with Gasteiger partial charge in [0, 0.05) is 17.4 Å². The van der Waals surface area contributed by atoms with Gasteiger partial charge in [0.1, 0.15) is 0 Å². The van der Waals surface area contributed by atoms with Crippen molar-refractivity contribution in [3.8, 4) is 17.2 Å². The van der Waals surface area contributed by atoms with Crippen molar-refractivity contribution >= 4 is 29.6 Å². The first-order valence-electron chi connectivity index (χ1n) is 7.51. The molecule has 0 N–H and O–H groups in total. The number of fused-ring (bicyclic) bond motifs is 1. The van der Waals surface area contributed by atoms with Crippen LogP contribution in [0.1, 0.15) is 22.8 Å². The maximum atomic E-state index is 12.5. The summed E-state index contributed by atoms with van der Waals surface area (Å²) >= 11 is 1.43. The van der Waals surface area contributed by atoms with Crippen LogP contribution in [0.5, 0.6) is 17.2 Å². The monoisotopic (exact) mass is 356 g/mol. The number of benzene rings is 2. The fraction of sp³-hybridized carbons (Fsp3) is 0.158. The lowest BCUT2D eigenvalue weighted by Crippen LogP contribution is -2.05. The fourth-order valence-electron chi connectivity index (χ4n) is 2.51. The number of hydrogen-bond donors (Lipinski definition) is 0. The van der Waals surface area contributed by atoms with E-state index in [1.807, 2.05) is 24.3 Å². The largest absolute Gasteiger partial charge is 0.493 e. The van der Waals surface area contributed by atoms with Gasteiger partial charge in [0.2, 0.25) is 11.5 Å². The van der Waals surface area contributed by atoms with Gasteiger partial charge >= 0.3 is 5.97 Å². The molecule has 128 valence electrons. The zero-order valence-electron chi connectivity index (χ0n) is 14.0. The number of esters is 1. The summed E-state index contributed by atoms with van der Waals surface area (Å²) < 4.78 is 15.8. The third-order valence-corrected chi connectivity index (χ3v) is 4.70. The van der Waals surface area contributed by atoms with Crippen LogP contribution in [0.25, 0.3) is 6.08 Å². The van der Waals surface area contributed by atoms with Crippen LogP contribution in [0.2, 0.25) is 0 Å². The lowest BCUT2D eigenvalue weighted by molar-refractivity contribution is -0.132. The smallest absolute Gasteiger partial charge is 0.308 e. The van der Waals surface area contributed by atoms with Gasteiger partial charge in [0.25, 0.3) is 0 Å². The van der Waals surface area contributed by atoms with Crippen LogP contribution in [0.15, 0.2) is 46.2 Å². The average Bonchev–Trinajstić information content (AvgIpc) is 2.91. The molecule has 0 spiro atoms. The predicted octanol–water partition coefficient (Wildman–Crippen LogP) is 3.96. The van der Waals surface area contributed by atoms with E-state index in [0.29, 0.717) is 27.5 Å². The highest BCUT2D eigenvalue weighted by Crippen LogP contribution is 2.43. The minimum absolute atomic E-state index is 0.0115. The summed E-state index contributed by atoms with van der Waals surface area (Å²) in [6.45, 7) is 1.31. The molecular formula is C19H16O5S. The predicted molar refractivity (Wildman–Crippen MR) is 95.5 cm³/mol. The molecule has 3 rings (SSSR count). The summed E-state index contributed by atoms with van der Waals surface area (Å²) in [7, 11) is 2.95. The zero-order chi connectivity index (χ0) is 18.0. The molecule has 25 heavy (non-hydrogen) atoms. The Balaban J connectivity index is 2.01. The summed E-state index contributed by atoms with van der Waals surface area (Å²) in [5.74, 6) is 0.444. The lowest BCUT2D eigenvalue weighted by Gasteiger charge is -2.13. The van der Waals surface area contributed by atoms with Crippen molar-refractivity contribution < 1.29 is 23.8 Å². The molecule has 2 aromatic carbocycles. The topological polar surface area (TPSA) is 61.8 Å². The summed E-state index contributed by atoms with van der Waals surface area (Å²) in [6, 6.07) is 10.9. The standard InChI is InChI=1S/C19H16O5S/c1-11(20)24-19-14(22-2)8-12(9-15(19)23-3)10-17-18(21)13-6-4-5-7-16(13)25-17/h4-10H,1-3H3/b17-10+. The van der Waals surface area contributed by atoms with E-state index in [1.54, 1.807) is 18.2 Å². The molecule has 1 aliphatic rings. The van der Waals surface area contributed by atoms with E-state index in [0.717, 1.165) is 4.90 Å². The van der Waals surface area contributed by atoms with Gasteiger partial charge in [-0.1, -0.05) is 23.9 Å². The average molecular weight is 356 g/mol. The van der Waals surface area contributed by atoms with Crippen molar-refractivity contribution in [2.45, 2.75) is 11.8 Å². The molecule has 0 radical (unpaired) electrons. The number of ether oxygens (including phenoxy) is 3. The summed E-state index contributed by atoms with van der Waals surface area (Å²) in [5, 5.41) is 0. The first kappa shape index (κ1) is 17.1. The summed E-state index contributed by atoms with van der Waals surface area (Å²) in [6.07, 6.45) is 1.77. The van der Waals surface area contributed by atoms with Crippen molar-refractivity contribution in [1.82, 2.24) is 0 Å². The molecule has 0 amide bonds. The van der Waals surface area contributed by atoms with Crippen molar-refractivity contribution in [3.05, 3.63) is 52.4 Å². The molecule has 6 heteroatoms. The Hall–Kier alpha value is -2.73. The van der Waals surface area contributed by atoms with Gasteiger partial charge in [0.15, 0.2) is 11.5 Å². The minimum atomic E-state index is -0.473. The fourth-order valence-corrected chi connectivity index (χ4v) is 3.57. The molecule has 1 heterocycles. The van der Waals surface area contributed by atoms with Gasteiger partial charge in [-0.2, -0.15) is 0 Å². The Morgan fingerprint density at radius 1 is 1.08 bits per heavy atom. The third-order valence-electron chi connectivity index (χ3n) is 3.60. The van der Waals surface area contributed by atoms with Gasteiger partial charge in [-0.05, 0) is 35.9 Å². The van der Waals surface area contributed by atoms with Gasteiger partial charge in [-0.15, -0.1) is 0 Å². The molecule has 5 nitrogen and oxygen atoms in total.